The van der Waals surface area contributed by atoms with E-state index in [0.29, 0.717) is 18.0 Å². The van der Waals surface area contributed by atoms with E-state index in [2.05, 4.69) is 95.2 Å². The van der Waals surface area contributed by atoms with Crippen molar-refractivity contribution in [1.82, 2.24) is 0 Å². The molecule has 1 unspecified atom stereocenters. The van der Waals surface area contributed by atoms with E-state index in [0.717, 1.165) is 33.4 Å². The molecule has 2 aromatic rings. The van der Waals surface area contributed by atoms with E-state index in [1.807, 2.05) is 25.3 Å². The first-order valence-corrected chi connectivity index (χ1v) is 13.4. The van der Waals surface area contributed by atoms with Crippen LogP contribution in [-0.4, -0.2) is 35.2 Å². The average Bonchev–Trinajstić information content (AvgIpc) is 2.70. The van der Waals surface area contributed by atoms with E-state index < -0.39 is 0 Å². The van der Waals surface area contributed by atoms with E-state index in [4.69, 9.17) is 9.98 Å². The highest BCUT2D eigenvalue weighted by Crippen LogP contribution is 2.39. The van der Waals surface area contributed by atoms with Crippen LogP contribution in [0, 0.1) is 0 Å². The van der Waals surface area contributed by atoms with Gasteiger partial charge in [0.25, 0.3) is 0 Å². The zero-order valence-corrected chi connectivity index (χ0v) is 25.5. The van der Waals surface area contributed by atoms with Gasteiger partial charge in [-0.3, -0.25) is 9.98 Å². The predicted molar refractivity (Wildman–Crippen MR) is 161 cm³/mol. The van der Waals surface area contributed by atoms with Gasteiger partial charge in [0.05, 0.1) is 12.6 Å². The lowest BCUT2D eigenvalue weighted by molar-refractivity contribution is 0.441. The quantitative estimate of drug-likeness (QED) is 0.401. The summed E-state index contributed by atoms with van der Waals surface area (Å²) in [6.07, 6.45) is 3.61. The van der Waals surface area contributed by atoms with Gasteiger partial charge in [-0.05, 0) is 50.8 Å². The minimum atomic E-state index is -0.173. The number of hydrogen-bond donors (Lipinski definition) is 2. The van der Waals surface area contributed by atoms with Crippen LogP contribution in [-0.2, 0) is 21.7 Å². The van der Waals surface area contributed by atoms with Crippen molar-refractivity contribution in [1.29, 1.82) is 0 Å². The molecule has 0 aliphatic carbocycles. The maximum Gasteiger partial charge on any atom is 0.128 e. The minimum absolute atomic E-state index is 0.0900. The molecule has 2 N–H and O–H groups in total. The summed E-state index contributed by atoms with van der Waals surface area (Å²) in [6, 6.07) is 8.20. The van der Waals surface area contributed by atoms with Crippen molar-refractivity contribution in [2.45, 2.75) is 118 Å². The molecule has 0 aliphatic rings. The van der Waals surface area contributed by atoms with Crippen LogP contribution in [0.4, 0.5) is 0 Å². The molecule has 1 atom stereocenters. The Balaban J connectivity index is 2.41. The maximum absolute atomic E-state index is 11.2. The molecule has 0 radical (unpaired) electrons. The number of benzene rings is 2. The number of aromatic hydroxyl groups is 2. The fraction of sp³-hybridized carbons (Fsp3) is 0.576. The number of hydrogen-bond acceptors (Lipinski definition) is 4. The molecule has 37 heavy (non-hydrogen) atoms. The Morgan fingerprint density at radius 1 is 0.595 bits per heavy atom. The van der Waals surface area contributed by atoms with Crippen molar-refractivity contribution >= 4 is 12.4 Å². The van der Waals surface area contributed by atoms with Crippen LogP contribution in [0.3, 0.4) is 0 Å². The minimum Gasteiger partial charge on any atom is -0.507 e. The highest BCUT2D eigenvalue weighted by Gasteiger charge is 2.27. The van der Waals surface area contributed by atoms with Crippen LogP contribution < -0.4 is 0 Å². The van der Waals surface area contributed by atoms with Gasteiger partial charge < -0.3 is 10.2 Å². The molecular formula is C33H50N2O2. The van der Waals surface area contributed by atoms with Gasteiger partial charge in [0, 0.05) is 23.6 Å². The van der Waals surface area contributed by atoms with Gasteiger partial charge in [0.1, 0.15) is 11.5 Å². The molecule has 0 saturated heterocycles. The Bertz CT molecular complexity index is 1160. The summed E-state index contributed by atoms with van der Waals surface area (Å²) in [4.78, 5) is 9.47. The van der Waals surface area contributed by atoms with E-state index in [1.165, 1.54) is 0 Å². The summed E-state index contributed by atoms with van der Waals surface area (Å²) in [7, 11) is 0. The van der Waals surface area contributed by atoms with Gasteiger partial charge in [0.2, 0.25) is 0 Å². The lowest BCUT2D eigenvalue weighted by Gasteiger charge is -2.27. The van der Waals surface area contributed by atoms with Crippen molar-refractivity contribution in [2.24, 2.45) is 9.98 Å². The van der Waals surface area contributed by atoms with Gasteiger partial charge in [-0.1, -0.05) is 107 Å². The first kappa shape index (κ1) is 30.6. The number of aliphatic imine (C=N–C) groups is 2. The van der Waals surface area contributed by atoms with Crippen molar-refractivity contribution in [3.8, 4) is 11.5 Å². The Kier molecular flexibility index (Phi) is 8.79. The number of phenolic OH excluding ortho intramolecular Hbond substituents is 2. The summed E-state index contributed by atoms with van der Waals surface area (Å²) in [5.74, 6) is 0.608. The molecule has 204 valence electrons. The van der Waals surface area contributed by atoms with Gasteiger partial charge in [0.15, 0.2) is 0 Å². The molecule has 4 heteroatoms. The Labute approximate surface area is 226 Å². The largest absolute Gasteiger partial charge is 0.507 e. The molecule has 0 saturated carbocycles. The second kappa shape index (κ2) is 10.6. The molecule has 2 aromatic carbocycles. The summed E-state index contributed by atoms with van der Waals surface area (Å²) >= 11 is 0. The summed E-state index contributed by atoms with van der Waals surface area (Å²) in [5.41, 5.74) is 4.92. The van der Waals surface area contributed by atoms with Gasteiger partial charge in [-0.15, -0.1) is 0 Å². The van der Waals surface area contributed by atoms with E-state index in [9.17, 15) is 10.2 Å². The molecule has 0 bridgehead atoms. The summed E-state index contributed by atoms with van der Waals surface area (Å²) in [6.45, 7) is 28.0. The van der Waals surface area contributed by atoms with E-state index >= 15 is 0 Å². The normalized spacial score (nSPS) is 14.6. The third kappa shape index (κ3) is 7.46. The number of nitrogens with zero attached hydrogens (tertiary/aromatic N) is 2. The standard InChI is InChI=1S/C33H50N2O2/c1-21(35-20-23-25(31(5,6)7)15-17-27(29(23)37)33(11,12)13)18-34-19-22-24(30(2,3)4)14-16-26(28(22)36)32(8,9)10/h14-17,19-21,36-37H,18H2,1-13H3. The Morgan fingerprint density at radius 2 is 0.919 bits per heavy atom. The Morgan fingerprint density at radius 3 is 1.27 bits per heavy atom. The van der Waals surface area contributed by atoms with E-state index in [1.54, 1.807) is 6.21 Å². The highest BCUT2D eigenvalue weighted by molar-refractivity contribution is 5.88. The van der Waals surface area contributed by atoms with Gasteiger partial charge in [-0.2, -0.15) is 0 Å². The van der Waals surface area contributed by atoms with Crippen LogP contribution >= 0.6 is 0 Å². The third-order valence-corrected chi connectivity index (χ3v) is 6.71. The highest BCUT2D eigenvalue weighted by atomic mass is 16.3. The van der Waals surface area contributed by atoms with Crippen LogP contribution in [0.25, 0.3) is 0 Å². The second-order valence-corrected chi connectivity index (χ2v) is 14.5. The molecule has 4 nitrogen and oxygen atoms in total. The zero-order chi connectivity index (χ0) is 28.6. The molecule has 2 rings (SSSR count). The van der Waals surface area contributed by atoms with Crippen molar-refractivity contribution in [3.05, 3.63) is 57.6 Å². The van der Waals surface area contributed by atoms with Gasteiger partial charge in [-0.25, -0.2) is 0 Å². The fourth-order valence-electron chi connectivity index (χ4n) is 4.54. The predicted octanol–water partition coefficient (Wildman–Crippen LogP) is 8.21. The maximum atomic E-state index is 11.2. The molecule has 0 aromatic heterocycles. The van der Waals surface area contributed by atoms with Crippen molar-refractivity contribution in [2.75, 3.05) is 6.54 Å². The van der Waals surface area contributed by atoms with Crippen molar-refractivity contribution < 1.29 is 10.2 Å². The third-order valence-electron chi connectivity index (χ3n) is 6.71. The monoisotopic (exact) mass is 506 g/mol. The first-order chi connectivity index (χ1) is 16.7. The summed E-state index contributed by atoms with van der Waals surface area (Å²) in [5, 5.41) is 22.4. The average molecular weight is 507 g/mol. The van der Waals surface area contributed by atoms with Crippen LogP contribution in [0.5, 0.6) is 11.5 Å². The molecule has 0 amide bonds. The van der Waals surface area contributed by atoms with Crippen LogP contribution in [0.15, 0.2) is 34.3 Å². The van der Waals surface area contributed by atoms with Crippen LogP contribution in [0.2, 0.25) is 0 Å². The number of phenols is 2. The topological polar surface area (TPSA) is 65.2 Å². The van der Waals surface area contributed by atoms with Gasteiger partial charge >= 0.3 is 0 Å². The Hall–Kier alpha value is -2.62. The lowest BCUT2D eigenvalue weighted by Crippen LogP contribution is -2.18. The summed E-state index contributed by atoms with van der Waals surface area (Å²) < 4.78 is 0. The van der Waals surface area contributed by atoms with Crippen LogP contribution in [0.1, 0.15) is 123 Å². The SMILES string of the molecule is CC(CN=Cc1c(C(C)(C)C)ccc(C(C)(C)C)c1O)N=Cc1c(C(C)(C)C)ccc(C(C)(C)C)c1O. The fourth-order valence-corrected chi connectivity index (χ4v) is 4.54. The lowest BCUT2D eigenvalue weighted by atomic mass is 9.78. The first-order valence-electron chi connectivity index (χ1n) is 13.4. The number of rotatable bonds is 5. The molecule has 0 aliphatic heterocycles. The van der Waals surface area contributed by atoms with E-state index in [-0.39, 0.29) is 27.7 Å². The molecular weight excluding hydrogens is 456 g/mol. The second-order valence-electron chi connectivity index (χ2n) is 14.5. The molecule has 0 spiro atoms. The zero-order valence-electron chi connectivity index (χ0n) is 25.5. The smallest absolute Gasteiger partial charge is 0.128 e. The molecule has 0 fully saturated rings. The van der Waals surface area contributed by atoms with Crippen molar-refractivity contribution in [3.63, 3.8) is 0 Å². The molecule has 0 heterocycles.